The third-order valence-corrected chi connectivity index (χ3v) is 3.10. The van der Waals surface area contributed by atoms with Crippen LogP contribution in [0.15, 0.2) is 18.2 Å². The average Bonchev–Trinajstić information content (AvgIpc) is 2.43. The number of carbonyl (C=O) groups is 2. The van der Waals surface area contributed by atoms with E-state index in [-0.39, 0.29) is 23.1 Å². The summed E-state index contributed by atoms with van der Waals surface area (Å²) in [6, 6.07) is 2.51. The molecule has 0 aliphatic heterocycles. The maximum absolute atomic E-state index is 13.6. The van der Waals surface area contributed by atoms with Crippen LogP contribution in [0.2, 0.25) is 0 Å². The second kappa shape index (κ2) is 6.88. The summed E-state index contributed by atoms with van der Waals surface area (Å²) in [5, 5.41) is 11.6. The molecule has 2 atom stereocenters. The topological polar surface area (TPSA) is 75.6 Å². The van der Waals surface area contributed by atoms with Crippen LogP contribution in [0.25, 0.3) is 0 Å². The van der Waals surface area contributed by atoms with Gasteiger partial charge < -0.3 is 15.2 Å². The molecule has 0 aliphatic carbocycles. The van der Waals surface area contributed by atoms with Crippen molar-refractivity contribution in [3.05, 3.63) is 29.6 Å². The Labute approximate surface area is 116 Å². The number of hydrogen-bond acceptors (Lipinski definition) is 3. The Morgan fingerprint density at radius 2 is 2.10 bits per heavy atom. The second-order valence-corrected chi connectivity index (χ2v) is 4.48. The van der Waals surface area contributed by atoms with Crippen molar-refractivity contribution in [2.45, 2.75) is 26.3 Å². The SMILES string of the molecule is CCC(C)C(=O)NC(C(=O)O)c1ccc(OC)c(F)c1. The summed E-state index contributed by atoms with van der Waals surface area (Å²) >= 11 is 0. The predicted molar refractivity (Wildman–Crippen MR) is 70.9 cm³/mol. The predicted octanol–water partition coefficient (Wildman–Crippen LogP) is 2.12. The van der Waals surface area contributed by atoms with Crippen LogP contribution in [-0.2, 0) is 9.59 Å². The molecule has 2 N–H and O–H groups in total. The van der Waals surface area contributed by atoms with Crippen LogP contribution in [0, 0.1) is 11.7 Å². The summed E-state index contributed by atoms with van der Waals surface area (Å²) in [6.45, 7) is 3.52. The first-order chi connectivity index (χ1) is 9.40. The molecule has 0 spiro atoms. The second-order valence-electron chi connectivity index (χ2n) is 4.48. The fraction of sp³-hybridized carbons (Fsp3) is 0.429. The minimum atomic E-state index is -1.28. The van der Waals surface area contributed by atoms with Gasteiger partial charge in [-0.3, -0.25) is 4.79 Å². The largest absolute Gasteiger partial charge is 0.494 e. The smallest absolute Gasteiger partial charge is 0.330 e. The molecule has 1 aromatic carbocycles. The van der Waals surface area contributed by atoms with Crippen molar-refractivity contribution in [1.29, 1.82) is 0 Å². The number of carboxylic acid groups (broad SMARTS) is 1. The lowest BCUT2D eigenvalue weighted by atomic mass is 10.0. The molecule has 0 fully saturated rings. The van der Waals surface area contributed by atoms with Gasteiger partial charge in [0.15, 0.2) is 17.6 Å². The average molecular weight is 283 g/mol. The van der Waals surface area contributed by atoms with Crippen LogP contribution >= 0.6 is 0 Å². The van der Waals surface area contributed by atoms with Gasteiger partial charge in [-0.05, 0) is 24.1 Å². The van der Waals surface area contributed by atoms with Gasteiger partial charge in [-0.15, -0.1) is 0 Å². The summed E-state index contributed by atoms with van der Waals surface area (Å²) in [4.78, 5) is 23.0. The van der Waals surface area contributed by atoms with Crippen molar-refractivity contribution in [3.63, 3.8) is 0 Å². The Morgan fingerprint density at radius 3 is 2.55 bits per heavy atom. The number of ether oxygens (including phenoxy) is 1. The number of amides is 1. The maximum atomic E-state index is 13.6. The van der Waals surface area contributed by atoms with Gasteiger partial charge in [0.05, 0.1) is 7.11 Å². The number of nitrogens with one attached hydrogen (secondary N) is 1. The lowest BCUT2D eigenvalue weighted by molar-refractivity contribution is -0.142. The van der Waals surface area contributed by atoms with Crippen LogP contribution in [0.5, 0.6) is 5.75 Å². The molecular weight excluding hydrogens is 265 g/mol. The van der Waals surface area contributed by atoms with Crippen LogP contribution < -0.4 is 10.1 Å². The number of aliphatic carboxylic acids is 1. The van der Waals surface area contributed by atoms with Gasteiger partial charge in [-0.25, -0.2) is 9.18 Å². The number of carboxylic acids is 1. The zero-order chi connectivity index (χ0) is 15.3. The Hall–Kier alpha value is -2.11. The van der Waals surface area contributed by atoms with E-state index in [2.05, 4.69) is 5.32 Å². The van der Waals surface area contributed by atoms with Crippen LogP contribution in [0.4, 0.5) is 4.39 Å². The fourth-order valence-corrected chi connectivity index (χ4v) is 1.62. The highest BCUT2D eigenvalue weighted by Crippen LogP contribution is 2.22. The molecule has 0 aromatic heterocycles. The monoisotopic (exact) mass is 283 g/mol. The van der Waals surface area contributed by atoms with E-state index in [9.17, 15) is 19.1 Å². The van der Waals surface area contributed by atoms with E-state index >= 15 is 0 Å². The van der Waals surface area contributed by atoms with Gasteiger partial charge in [-0.1, -0.05) is 19.9 Å². The van der Waals surface area contributed by atoms with Gasteiger partial charge >= 0.3 is 5.97 Å². The first kappa shape index (κ1) is 15.9. The van der Waals surface area contributed by atoms with Gasteiger partial charge in [0.2, 0.25) is 5.91 Å². The molecule has 0 aliphatic rings. The third kappa shape index (κ3) is 3.69. The Kier molecular flexibility index (Phi) is 5.49. The van der Waals surface area contributed by atoms with Crippen molar-refractivity contribution in [1.82, 2.24) is 5.32 Å². The molecule has 1 rings (SSSR count). The van der Waals surface area contributed by atoms with E-state index in [1.165, 1.54) is 19.2 Å². The quantitative estimate of drug-likeness (QED) is 0.838. The highest BCUT2D eigenvalue weighted by Gasteiger charge is 2.25. The van der Waals surface area contributed by atoms with E-state index in [1.54, 1.807) is 6.92 Å². The molecule has 20 heavy (non-hydrogen) atoms. The van der Waals surface area contributed by atoms with Crippen molar-refractivity contribution in [2.75, 3.05) is 7.11 Å². The van der Waals surface area contributed by atoms with Crippen molar-refractivity contribution >= 4 is 11.9 Å². The lowest BCUT2D eigenvalue weighted by Gasteiger charge is -2.18. The molecule has 0 bridgehead atoms. The first-order valence-electron chi connectivity index (χ1n) is 6.27. The third-order valence-electron chi connectivity index (χ3n) is 3.10. The Morgan fingerprint density at radius 1 is 1.45 bits per heavy atom. The highest BCUT2D eigenvalue weighted by molar-refractivity contribution is 5.85. The molecule has 2 unspecified atom stereocenters. The Balaban J connectivity index is 3.00. The zero-order valence-electron chi connectivity index (χ0n) is 11.6. The number of carbonyl (C=O) groups excluding carboxylic acids is 1. The van der Waals surface area contributed by atoms with E-state index in [4.69, 9.17) is 4.74 Å². The van der Waals surface area contributed by atoms with E-state index < -0.39 is 17.8 Å². The summed E-state index contributed by atoms with van der Waals surface area (Å²) < 4.78 is 18.4. The number of methoxy groups -OCH3 is 1. The lowest BCUT2D eigenvalue weighted by Crippen LogP contribution is -2.36. The molecule has 0 saturated carbocycles. The molecule has 0 radical (unpaired) electrons. The molecule has 6 heteroatoms. The van der Waals surface area contributed by atoms with E-state index in [0.717, 1.165) is 6.07 Å². The Bertz CT molecular complexity index is 504. The summed E-state index contributed by atoms with van der Waals surface area (Å²) in [6.07, 6.45) is 0.592. The van der Waals surface area contributed by atoms with Gasteiger partial charge in [0, 0.05) is 5.92 Å². The van der Waals surface area contributed by atoms with Crippen molar-refractivity contribution < 1.29 is 23.8 Å². The minimum absolute atomic E-state index is 0.0196. The van der Waals surface area contributed by atoms with Crippen LogP contribution in [-0.4, -0.2) is 24.1 Å². The maximum Gasteiger partial charge on any atom is 0.330 e. The summed E-state index contributed by atoms with van der Waals surface area (Å²) in [5.74, 6) is -2.58. The fourth-order valence-electron chi connectivity index (χ4n) is 1.62. The van der Waals surface area contributed by atoms with Crippen LogP contribution in [0.3, 0.4) is 0 Å². The molecule has 1 aromatic rings. The minimum Gasteiger partial charge on any atom is -0.494 e. The normalized spacial score (nSPS) is 13.4. The first-order valence-corrected chi connectivity index (χ1v) is 6.27. The van der Waals surface area contributed by atoms with E-state index in [0.29, 0.717) is 6.42 Å². The van der Waals surface area contributed by atoms with Gasteiger partial charge in [0.25, 0.3) is 0 Å². The standard InChI is InChI=1S/C14H18FNO4/c1-4-8(2)13(17)16-12(14(18)19)9-5-6-11(20-3)10(15)7-9/h5-8,12H,4H2,1-3H3,(H,16,17)(H,18,19). The molecule has 5 nitrogen and oxygen atoms in total. The van der Waals surface area contributed by atoms with Crippen LogP contribution in [0.1, 0.15) is 31.9 Å². The molecule has 0 saturated heterocycles. The highest BCUT2D eigenvalue weighted by atomic mass is 19.1. The summed E-state index contributed by atoms with van der Waals surface area (Å²) in [7, 11) is 1.32. The van der Waals surface area contributed by atoms with Crippen molar-refractivity contribution in [3.8, 4) is 5.75 Å². The number of rotatable bonds is 6. The van der Waals surface area contributed by atoms with Gasteiger partial charge in [0.1, 0.15) is 0 Å². The van der Waals surface area contributed by atoms with Crippen molar-refractivity contribution in [2.24, 2.45) is 5.92 Å². The molecule has 110 valence electrons. The van der Waals surface area contributed by atoms with E-state index in [1.807, 2.05) is 6.92 Å². The summed E-state index contributed by atoms with van der Waals surface area (Å²) in [5.41, 5.74) is 0.160. The number of hydrogen-bond donors (Lipinski definition) is 2. The molecular formula is C14H18FNO4. The molecule has 0 heterocycles. The molecule has 1 amide bonds. The number of benzene rings is 1. The number of halogens is 1. The van der Waals surface area contributed by atoms with Gasteiger partial charge in [-0.2, -0.15) is 0 Å². The zero-order valence-corrected chi connectivity index (χ0v) is 11.6.